The Labute approximate surface area is 115 Å². The summed E-state index contributed by atoms with van der Waals surface area (Å²) < 4.78 is 0. The van der Waals surface area contributed by atoms with Crippen molar-refractivity contribution in [2.45, 2.75) is 13.8 Å². The van der Waals surface area contributed by atoms with E-state index in [1.54, 1.807) is 18.2 Å². The topological polar surface area (TPSA) is 80.9 Å². The number of amides is 1. The molecule has 6 heteroatoms. The molecule has 3 N–H and O–H groups in total. The van der Waals surface area contributed by atoms with Gasteiger partial charge < -0.3 is 5.73 Å². The van der Waals surface area contributed by atoms with Crippen molar-refractivity contribution >= 4 is 29.1 Å². The largest absolute Gasteiger partial charge is 0.398 e. The Balaban J connectivity index is 2.31. The Morgan fingerprint density at radius 1 is 1.26 bits per heavy atom. The van der Waals surface area contributed by atoms with Gasteiger partial charge in [-0.3, -0.25) is 10.1 Å². The molecular formula is C13H13ClN4O. The molecule has 0 atom stereocenters. The normalized spacial score (nSPS) is 10.3. The number of nitrogen functional groups attached to an aromatic ring is 1. The van der Waals surface area contributed by atoms with Crippen LogP contribution in [0.2, 0.25) is 5.02 Å². The van der Waals surface area contributed by atoms with Crippen molar-refractivity contribution in [2.24, 2.45) is 0 Å². The third-order valence-electron chi connectivity index (χ3n) is 2.48. The standard InChI is InChI=1S/C13H13ClN4O/c1-7-6-8(2)17-13(16-7)18-12(19)11-9(14)4-3-5-10(11)15/h3-6H,15H2,1-2H3,(H,16,17,18,19). The van der Waals surface area contributed by atoms with E-state index in [0.717, 1.165) is 11.4 Å². The fraction of sp³-hybridized carbons (Fsp3) is 0.154. The summed E-state index contributed by atoms with van der Waals surface area (Å²) in [5.41, 5.74) is 7.84. The molecule has 19 heavy (non-hydrogen) atoms. The van der Waals surface area contributed by atoms with E-state index in [-0.39, 0.29) is 11.5 Å². The third kappa shape index (κ3) is 3.00. The molecule has 1 amide bonds. The first-order chi connectivity index (χ1) is 8.97. The molecule has 0 aliphatic rings. The zero-order valence-corrected chi connectivity index (χ0v) is 11.3. The summed E-state index contributed by atoms with van der Waals surface area (Å²) in [6, 6.07) is 6.72. The number of nitrogens with one attached hydrogen (secondary N) is 1. The van der Waals surface area contributed by atoms with Crippen molar-refractivity contribution in [2.75, 3.05) is 11.1 Å². The second kappa shape index (κ2) is 5.24. The summed E-state index contributed by atoms with van der Waals surface area (Å²) >= 11 is 5.97. The first kappa shape index (κ1) is 13.3. The third-order valence-corrected chi connectivity index (χ3v) is 2.80. The van der Waals surface area contributed by atoms with Crippen LogP contribution in [0, 0.1) is 13.8 Å². The maximum Gasteiger partial charge on any atom is 0.261 e. The van der Waals surface area contributed by atoms with Crippen LogP contribution >= 0.6 is 11.6 Å². The van der Waals surface area contributed by atoms with Crippen molar-refractivity contribution < 1.29 is 4.79 Å². The molecule has 1 aromatic carbocycles. The summed E-state index contributed by atoms with van der Waals surface area (Å²) in [6.45, 7) is 3.66. The van der Waals surface area contributed by atoms with Gasteiger partial charge >= 0.3 is 0 Å². The Kier molecular flexibility index (Phi) is 3.66. The highest BCUT2D eigenvalue weighted by Gasteiger charge is 2.15. The van der Waals surface area contributed by atoms with Gasteiger partial charge in [-0.1, -0.05) is 17.7 Å². The molecule has 0 aliphatic heterocycles. The van der Waals surface area contributed by atoms with Gasteiger partial charge in [0.05, 0.1) is 10.6 Å². The zero-order chi connectivity index (χ0) is 14.0. The number of aromatic nitrogens is 2. The van der Waals surface area contributed by atoms with Crippen LogP contribution in [-0.2, 0) is 0 Å². The monoisotopic (exact) mass is 276 g/mol. The van der Waals surface area contributed by atoms with Gasteiger partial charge in [0.1, 0.15) is 0 Å². The van der Waals surface area contributed by atoms with E-state index in [1.807, 2.05) is 19.9 Å². The number of rotatable bonds is 2. The molecule has 0 fully saturated rings. The Morgan fingerprint density at radius 2 is 1.89 bits per heavy atom. The molecule has 1 aromatic heterocycles. The lowest BCUT2D eigenvalue weighted by atomic mass is 10.1. The minimum Gasteiger partial charge on any atom is -0.398 e. The Bertz CT molecular complexity index is 602. The average molecular weight is 277 g/mol. The van der Waals surface area contributed by atoms with E-state index in [2.05, 4.69) is 15.3 Å². The second-order valence-corrected chi connectivity index (χ2v) is 4.54. The molecule has 0 spiro atoms. The van der Waals surface area contributed by atoms with Crippen molar-refractivity contribution in [1.29, 1.82) is 0 Å². The quantitative estimate of drug-likeness (QED) is 0.826. The van der Waals surface area contributed by atoms with Crippen molar-refractivity contribution in [3.05, 3.63) is 46.2 Å². The molecule has 5 nitrogen and oxygen atoms in total. The van der Waals surface area contributed by atoms with Crippen molar-refractivity contribution in [1.82, 2.24) is 9.97 Å². The summed E-state index contributed by atoms with van der Waals surface area (Å²) in [5.74, 6) is -0.185. The number of benzene rings is 1. The van der Waals surface area contributed by atoms with Crippen LogP contribution in [0.5, 0.6) is 0 Å². The molecule has 0 aliphatic carbocycles. The number of aryl methyl sites for hydroxylation is 2. The fourth-order valence-corrected chi connectivity index (χ4v) is 1.99. The van der Waals surface area contributed by atoms with E-state index >= 15 is 0 Å². The lowest BCUT2D eigenvalue weighted by Gasteiger charge is -2.08. The number of carbonyl (C=O) groups is 1. The van der Waals surface area contributed by atoms with Gasteiger partial charge in [0, 0.05) is 17.1 Å². The Hall–Kier alpha value is -2.14. The van der Waals surface area contributed by atoms with Crippen molar-refractivity contribution in [3.8, 4) is 0 Å². The van der Waals surface area contributed by atoms with Crippen LogP contribution in [0.3, 0.4) is 0 Å². The highest BCUT2D eigenvalue weighted by atomic mass is 35.5. The number of anilines is 2. The first-order valence-corrected chi connectivity index (χ1v) is 6.03. The molecule has 0 radical (unpaired) electrons. The molecule has 2 aromatic rings. The maximum atomic E-state index is 12.1. The molecule has 0 bridgehead atoms. The van der Waals surface area contributed by atoms with Crippen LogP contribution in [0.4, 0.5) is 11.6 Å². The molecule has 0 saturated heterocycles. The minimum absolute atomic E-state index is 0.229. The van der Waals surface area contributed by atoms with Crippen LogP contribution in [0.15, 0.2) is 24.3 Å². The lowest BCUT2D eigenvalue weighted by Crippen LogP contribution is -2.17. The van der Waals surface area contributed by atoms with Crippen LogP contribution in [0.1, 0.15) is 21.7 Å². The Morgan fingerprint density at radius 3 is 2.47 bits per heavy atom. The summed E-state index contributed by atoms with van der Waals surface area (Å²) in [4.78, 5) is 20.4. The first-order valence-electron chi connectivity index (χ1n) is 5.65. The van der Waals surface area contributed by atoms with Gasteiger partial charge in [-0.15, -0.1) is 0 Å². The van der Waals surface area contributed by atoms with Gasteiger partial charge in [-0.05, 0) is 32.0 Å². The minimum atomic E-state index is -0.423. The number of nitrogens with zero attached hydrogens (tertiary/aromatic N) is 2. The molecular weight excluding hydrogens is 264 g/mol. The van der Waals surface area contributed by atoms with E-state index in [9.17, 15) is 4.79 Å². The smallest absolute Gasteiger partial charge is 0.261 e. The number of nitrogens with two attached hydrogens (primary N) is 1. The number of halogens is 1. The molecule has 2 rings (SSSR count). The number of carbonyl (C=O) groups excluding carboxylic acids is 1. The zero-order valence-electron chi connectivity index (χ0n) is 10.6. The molecule has 0 saturated carbocycles. The van der Waals surface area contributed by atoms with Gasteiger partial charge in [0.15, 0.2) is 0 Å². The maximum absolute atomic E-state index is 12.1. The van der Waals surface area contributed by atoms with Crippen LogP contribution < -0.4 is 11.1 Å². The predicted molar refractivity (Wildman–Crippen MR) is 75.3 cm³/mol. The number of hydrogen-bond acceptors (Lipinski definition) is 4. The molecule has 0 unspecified atom stereocenters. The highest BCUT2D eigenvalue weighted by Crippen LogP contribution is 2.22. The van der Waals surface area contributed by atoms with E-state index in [4.69, 9.17) is 17.3 Å². The van der Waals surface area contributed by atoms with E-state index < -0.39 is 5.91 Å². The van der Waals surface area contributed by atoms with Crippen LogP contribution in [-0.4, -0.2) is 15.9 Å². The van der Waals surface area contributed by atoms with Gasteiger partial charge in [-0.25, -0.2) is 9.97 Å². The van der Waals surface area contributed by atoms with Crippen LogP contribution in [0.25, 0.3) is 0 Å². The average Bonchev–Trinajstić information content (AvgIpc) is 2.26. The highest BCUT2D eigenvalue weighted by molar-refractivity contribution is 6.35. The van der Waals surface area contributed by atoms with Gasteiger partial charge in [0.2, 0.25) is 5.95 Å². The summed E-state index contributed by atoms with van der Waals surface area (Å²) in [5, 5.41) is 2.89. The second-order valence-electron chi connectivity index (χ2n) is 4.13. The molecule has 1 heterocycles. The predicted octanol–water partition coefficient (Wildman–Crippen LogP) is 2.58. The number of hydrogen-bond donors (Lipinski definition) is 2. The fourth-order valence-electron chi connectivity index (χ4n) is 1.73. The van der Waals surface area contributed by atoms with E-state index in [0.29, 0.717) is 10.7 Å². The lowest BCUT2D eigenvalue weighted by molar-refractivity contribution is 0.102. The summed E-state index contributed by atoms with van der Waals surface area (Å²) in [6.07, 6.45) is 0. The summed E-state index contributed by atoms with van der Waals surface area (Å²) in [7, 11) is 0. The van der Waals surface area contributed by atoms with E-state index in [1.165, 1.54) is 0 Å². The van der Waals surface area contributed by atoms with Gasteiger partial charge in [-0.2, -0.15) is 0 Å². The SMILES string of the molecule is Cc1cc(C)nc(NC(=O)c2c(N)cccc2Cl)n1. The van der Waals surface area contributed by atoms with Gasteiger partial charge in [0.25, 0.3) is 5.91 Å². The van der Waals surface area contributed by atoms with Crippen molar-refractivity contribution in [3.63, 3.8) is 0 Å². The molecule has 98 valence electrons.